The quantitative estimate of drug-likeness (QED) is 0.923. The molecule has 0 unspecified atom stereocenters. The monoisotopic (exact) mass is 344 g/mol. The summed E-state index contributed by atoms with van der Waals surface area (Å²) in [5.74, 6) is 0.601. The van der Waals surface area contributed by atoms with Crippen molar-refractivity contribution < 1.29 is 4.79 Å². The Labute approximate surface area is 147 Å². The molecule has 24 heavy (non-hydrogen) atoms. The van der Waals surface area contributed by atoms with Crippen LogP contribution in [0.1, 0.15) is 41.7 Å². The van der Waals surface area contributed by atoms with Gasteiger partial charge >= 0.3 is 0 Å². The molecule has 2 heterocycles. The summed E-state index contributed by atoms with van der Waals surface area (Å²) in [5.41, 5.74) is 1.20. The fourth-order valence-electron chi connectivity index (χ4n) is 2.82. The van der Waals surface area contributed by atoms with Crippen molar-refractivity contribution in [3.05, 3.63) is 52.7 Å². The summed E-state index contributed by atoms with van der Waals surface area (Å²) >= 11 is 6.09. The summed E-state index contributed by atoms with van der Waals surface area (Å²) < 4.78 is 0. The maximum atomic E-state index is 12.2. The van der Waals surface area contributed by atoms with Crippen LogP contribution in [-0.4, -0.2) is 29.2 Å². The highest BCUT2D eigenvalue weighted by Crippen LogP contribution is 2.17. The Morgan fingerprint density at radius 2 is 1.79 bits per heavy atom. The third-order valence-corrected chi connectivity index (χ3v) is 4.58. The van der Waals surface area contributed by atoms with Crippen LogP contribution in [-0.2, 0) is 6.54 Å². The molecular weight excluding hydrogens is 324 g/mol. The molecule has 5 nitrogen and oxygen atoms in total. The van der Waals surface area contributed by atoms with E-state index in [4.69, 9.17) is 11.6 Å². The summed E-state index contributed by atoms with van der Waals surface area (Å²) in [6.07, 6.45) is 4.91. The van der Waals surface area contributed by atoms with Gasteiger partial charge in [-0.25, -0.2) is 0 Å². The van der Waals surface area contributed by atoms with Gasteiger partial charge in [0.15, 0.2) is 11.5 Å². The summed E-state index contributed by atoms with van der Waals surface area (Å²) in [5, 5.41) is 11.8. The van der Waals surface area contributed by atoms with Gasteiger partial charge in [0.25, 0.3) is 5.91 Å². The minimum atomic E-state index is -0.246. The Morgan fingerprint density at radius 1 is 1.04 bits per heavy atom. The minimum Gasteiger partial charge on any atom is -0.355 e. The molecule has 0 aliphatic carbocycles. The van der Waals surface area contributed by atoms with Crippen molar-refractivity contribution in [2.24, 2.45) is 0 Å². The van der Waals surface area contributed by atoms with Crippen LogP contribution in [0.15, 0.2) is 36.4 Å². The first-order valence-corrected chi connectivity index (χ1v) is 8.72. The Balaban J connectivity index is 1.60. The smallest absolute Gasteiger partial charge is 0.272 e. The Kier molecular flexibility index (Phi) is 5.64. The molecule has 0 radical (unpaired) electrons. The predicted octanol–water partition coefficient (Wildman–Crippen LogP) is 3.44. The molecule has 1 aliphatic rings. The van der Waals surface area contributed by atoms with Crippen LogP contribution in [0.2, 0.25) is 5.02 Å². The van der Waals surface area contributed by atoms with E-state index in [1.807, 2.05) is 24.3 Å². The number of rotatable bonds is 4. The van der Waals surface area contributed by atoms with Gasteiger partial charge in [0.05, 0.1) is 0 Å². The zero-order chi connectivity index (χ0) is 16.8. The van der Waals surface area contributed by atoms with E-state index in [0.29, 0.717) is 17.3 Å². The number of carbonyl (C=O) groups excluding carboxylic acids is 1. The van der Waals surface area contributed by atoms with E-state index in [2.05, 4.69) is 20.4 Å². The number of benzene rings is 1. The molecular formula is C18H21ClN4O. The number of hydrogen-bond donors (Lipinski definition) is 1. The average Bonchev–Trinajstić information content (AvgIpc) is 2.90. The maximum Gasteiger partial charge on any atom is 0.272 e. The van der Waals surface area contributed by atoms with Crippen LogP contribution in [0.25, 0.3) is 0 Å². The first-order chi connectivity index (χ1) is 11.7. The number of nitrogens with zero attached hydrogens (tertiary/aromatic N) is 3. The molecule has 0 bridgehead atoms. The fourth-order valence-corrected chi connectivity index (χ4v) is 3.03. The number of amides is 1. The van der Waals surface area contributed by atoms with Crippen molar-refractivity contribution in [2.75, 3.05) is 18.0 Å². The van der Waals surface area contributed by atoms with Gasteiger partial charge in [-0.15, -0.1) is 10.2 Å². The third kappa shape index (κ3) is 4.23. The SMILES string of the molecule is O=C(NCc1ccccc1Cl)c1ccc(N2CCCCCC2)nn1. The molecule has 0 atom stereocenters. The number of nitrogens with one attached hydrogen (secondary N) is 1. The van der Waals surface area contributed by atoms with E-state index in [-0.39, 0.29) is 5.91 Å². The van der Waals surface area contributed by atoms with Gasteiger partial charge in [-0.05, 0) is 36.6 Å². The molecule has 1 N–H and O–H groups in total. The summed E-state index contributed by atoms with van der Waals surface area (Å²) in [6.45, 7) is 2.38. The van der Waals surface area contributed by atoms with Gasteiger partial charge in [0, 0.05) is 24.7 Å². The van der Waals surface area contributed by atoms with Gasteiger partial charge in [-0.1, -0.05) is 42.6 Å². The van der Waals surface area contributed by atoms with Gasteiger partial charge in [-0.3, -0.25) is 4.79 Å². The summed E-state index contributed by atoms with van der Waals surface area (Å²) in [4.78, 5) is 14.4. The molecule has 1 fully saturated rings. The van der Waals surface area contributed by atoms with E-state index in [1.165, 1.54) is 25.7 Å². The maximum absolute atomic E-state index is 12.2. The molecule has 1 saturated heterocycles. The highest BCUT2D eigenvalue weighted by atomic mass is 35.5. The van der Waals surface area contributed by atoms with E-state index < -0.39 is 0 Å². The lowest BCUT2D eigenvalue weighted by Crippen LogP contribution is -2.27. The number of aromatic nitrogens is 2. The van der Waals surface area contributed by atoms with Gasteiger partial charge in [-0.2, -0.15) is 0 Å². The van der Waals surface area contributed by atoms with Crippen LogP contribution < -0.4 is 10.2 Å². The third-order valence-electron chi connectivity index (χ3n) is 4.21. The van der Waals surface area contributed by atoms with Crippen molar-refractivity contribution in [3.8, 4) is 0 Å². The number of hydrogen-bond acceptors (Lipinski definition) is 4. The van der Waals surface area contributed by atoms with E-state index in [9.17, 15) is 4.79 Å². The lowest BCUT2D eigenvalue weighted by Gasteiger charge is -2.20. The topological polar surface area (TPSA) is 58.1 Å². The summed E-state index contributed by atoms with van der Waals surface area (Å²) in [7, 11) is 0. The van der Waals surface area contributed by atoms with E-state index in [1.54, 1.807) is 12.1 Å². The van der Waals surface area contributed by atoms with Gasteiger partial charge in [0.2, 0.25) is 0 Å². The van der Waals surface area contributed by atoms with Crippen LogP contribution >= 0.6 is 11.6 Å². The zero-order valence-corrected chi connectivity index (χ0v) is 14.3. The second-order valence-corrected chi connectivity index (χ2v) is 6.36. The average molecular weight is 345 g/mol. The Hall–Kier alpha value is -2.14. The predicted molar refractivity (Wildman–Crippen MR) is 95.3 cm³/mol. The molecule has 1 amide bonds. The highest BCUT2D eigenvalue weighted by Gasteiger charge is 2.13. The molecule has 1 aromatic heterocycles. The molecule has 6 heteroatoms. The molecule has 1 aliphatic heterocycles. The second-order valence-electron chi connectivity index (χ2n) is 5.95. The first-order valence-electron chi connectivity index (χ1n) is 8.34. The Morgan fingerprint density at radius 3 is 2.46 bits per heavy atom. The molecule has 3 rings (SSSR count). The van der Waals surface area contributed by atoms with Gasteiger partial charge in [0.1, 0.15) is 0 Å². The standard InChI is InChI=1S/C18H21ClN4O/c19-15-8-4-3-7-14(15)13-20-18(24)16-9-10-17(22-21-16)23-11-5-1-2-6-12-23/h3-4,7-10H,1-2,5-6,11-13H2,(H,20,24). The fraction of sp³-hybridized carbons (Fsp3) is 0.389. The van der Waals surface area contributed by atoms with Crippen molar-refractivity contribution in [1.29, 1.82) is 0 Å². The molecule has 0 saturated carbocycles. The van der Waals surface area contributed by atoms with Crippen LogP contribution in [0, 0.1) is 0 Å². The van der Waals surface area contributed by atoms with Crippen molar-refractivity contribution in [3.63, 3.8) is 0 Å². The van der Waals surface area contributed by atoms with Crippen molar-refractivity contribution in [2.45, 2.75) is 32.2 Å². The van der Waals surface area contributed by atoms with E-state index >= 15 is 0 Å². The first kappa shape index (κ1) is 16.7. The largest absolute Gasteiger partial charge is 0.355 e. The molecule has 126 valence electrons. The lowest BCUT2D eigenvalue weighted by atomic mass is 10.2. The second kappa shape index (κ2) is 8.11. The molecule has 2 aromatic rings. The molecule has 1 aromatic carbocycles. The highest BCUT2D eigenvalue weighted by molar-refractivity contribution is 6.31. The van der Waals surface area contributed by atoms with Crippen LogP contribution in [0.3, 0.4) is 0 Å². The normalized spacial score (nSPS) is 15.0. The number of carbonyl (C=O) groups is 1. The number of halogens is 1. The van der Waals surface area contributed by atoms with Crippen LogP contribution in [0.5, 0.6) is 0 Å². The minimum absolute atomic E-state index is 0.246. The zero-order valence-electron chi connectivity index (χ0n) is 13.5. The summed E-state index contributed by atoms with van der Waals surface area (Å²) in [6, 6.07) is 11.1. The Bertz CT molecular complexity index is 682. The lowest BCUT2D eigenvalue weighted by molar-refractivity contribution is 0.0945. The van der Waals surface area contributed by atoms with Crippen molar-refractivity contribution >= 4 is 23.3 Å². The number of anilines is 1. The van der Waals surface area contributed by atoms with Gasteiger partial charge < -0.3 is 10.2 Å². The van der Waals surface area contributed by atoms with E-state index in [0.717, 1.165) is 24.5 Å². The molecule has 0 spiro atoms. The van der Waals surface area contributed by atoms with Crippen LogP contribution in [0.4, 0.5) is 5.82 Å². The van der Waals surface area contributed by atoms with Crippen molar-refractivity contribution in [1.82, 2.24) is 15.5 Å².